The monoisotopic (exact) mass is 425 g/mol. The van der Waals surface area contributed by atoms with Crippen LogP contribution in [0.1, 0.15) is 55.5 Å². The van der Waals surface area contributed by atoms with E-state index in [0.717, 1.165) is 36.6 Å². The molecule has 30 heavy (non-hydrogen) atoms. The highest BCUT2D eigenvalue weighted by Crippen LogP contribution is 2.16. The minimum atomic E-state index is -0.306. The number of hydrogen-bond acceptors (Lipinski definition) is 3. The van der Waals surface area contributed by atoms with E-state index in [9.17, 15) is 9.59 Å². The van der Waals surface area contributed by atoms with E-state index in [1.165, 1.54) is 0 Å². The molecule has 1 amide bonds. The molecule has 2 heterocycles. The number of fused-ring (bicyclic) bond motifs is 1. The number of rotatable bonds is 9. The fraction of sp³-hybridized carbons (Fsp3) is 0.375. The topological polar surface area (TPSA) is 55.2 Å². The first-order valence-electron chi connectivity index (χ1n) is 10.6. The van der Waals surface area contributed by atoms with E-state index in [4.69, 9.17) is 11.6 Å². The van der Waals surface area contributed by atoms with Crippen molar-refractivity contribution in [2.75, 3.05) is 13.1 Å². The summed E-state index contributed by atoms with van der Waals surface area (Å²) in [5, 5.41) is 1.42. The summed E-state index contributed by atoms with van der Waals surface area (Å²) in [6.45, 7) is 5.86. The van der Waals surface area contributed by atoms with E-state index in [2.05, 4.69) is 18.8 Å². The average Bonchev–Trinajstić information content (AvgIpc) is 2.76. The molecule has 6 heteroatoms. The van der Waals surface area contributed by atoms with E-state index < -0.39 is 0 Å². The molecule has 0 radical (unpaired) electrons. The van der Waals surface area contributed by atoms with Crippen molar-refractivity contribution >= 4 is 28.5 Å². The Kier molecular flexibility index (Phi) is 7.63. The largest absolute Gasteiger partial charge is 0.338 e. The molecule has 1 aromatic carbocycles. The minimum Gasteiger partial charge on any atom is -0.338 e. The summed E-state index contributed by atoms with van der Waals surface area (Å²) in [6, 6.07) is 12.8. The Labute approximate surface area is 182 Å². The van der Waals surface area contributed by atoms with Gasteiger partial charge in [-0.2, -0.15) is 0 Å². The molecule has 0 atom stereocenters. The molecule has 5 nitrogen and oxygen atoms in total. The van der Waals surface area contributed by atoms with Crippen molar-refractivity contribution in [3.8, 4) is 0 Å². The molecule has 0 saturated carbocycles. The molecule has 0 aliphatic rings. The Morgan fingerprint density at radius 3 is 2.37 bits per heavy atom. The van der Waals surface area contributed by atoms with Gasteiger partial charge in [0.15, 0.2) is 0 Å². The molecule has 158 valence electrons. The molecule has 0 bridgehead atoms. The SMILES string of the molecule is CCCCN(CCCC)C(=O)c1cc2cccnc2n(Cc2ccc(Cl)cc2)c1=O. The van der Waals surface area contributed by atoms with Crippen LogP contribution in [0.15, 0.2) is 53.5 Å². The van der Waals surface area contributed by atoms with Gasteiger partial charge >= 0.3 is 0 Å². The molecule has 0 aliphatic carbocycles. The fourth-order valence-electron chi connectivity index (χ4n) is 3.46. The number of nitrogens with zero attached hydrogens (tertiary/aromatic N) is 3. The number of amides is 1. The molecule has 0 N–H and O–H groups in total. The highest BCUT2D eigenvalue weighted by Gasteiger charge is 2.21. The van der Waals surface area contributed by atoms with Crippen LogP contribution in [-0.4, -0.2) is 33.4 Å². The predicted octanol–water partition coefficient (Wildman–Crippen LogP) is 5.14. The van der Waals surface area contributed by atoms with E-state index >= 15 is 0 Å². The second-order valence-corrected chi connectivity index (χ2v) is 7.93. The zero-order valence-electron chi connectivity index (χ0n) is 17.6. The first-order valence-corrected chi connectivity index (χ1v) is 10.9. The summed E-state index contributed by atoms with van der Waals surface area (Å²) in [5.41, 5.74) is 1.39. The summed E-state index contributed by atoms with van der Waals surface area (Å²) in [6.07, 6.45) is 5.50. The number of carbonyl (C=O) groups is 1. The quantitative estimate of drug-likeness (QED) is 0.477. The summed E-state index contributed by atoms with van der Waals surface area (Å²) in [7, 11) is 0. The predicted molar refractivity (Wildman–Crippen MR) is 122 cm³/mol. The zero-order valence-corrected chi connectivity index (χ0v) is 18.4. The van der Waals surface area contributed by atoms with Gasteiger partial charge in [-0.15, -0.1) is 0 Å². The lowest BCUT2D eigenvalue weighted by Gasteiger charge is -2.23. The molecule has 0 spiro atoms. The second-order valence-electron chi connectivity index (χ2n) is 7.49. The second kappa shape index (κ2) is 10.4. The van der Waals surface area contributed by atoms with Gasteiger partial charge in [-0.25, -0.2) is 4.98 Å². The molecule has 2 aromatic heterocycles. The Morgan fingerprint density at radius 1 is 1.07 bits per heavy atom. The van der Waals surface area contributed by atoms with Crippen molar-refractivity contribution < 1.29 is 4.79 Å². The van der Waals surface area contributed by atoms with Gasteiger partial charge in [-0.1, -0.05) is 50.4 Å². The van der Waals surface area contributed by atoms with E-state index in [0.29, 0.717) is 30.3 Å². The van der Waals surface area contributed by atoms with Gasteiger partial charge in [0.05, 0.1) is 6.54 Å². The summed E-state index contributed by atoms with van der Waals surface area (Å²) in [4.78, 5) is 33.0. The number of unbranched alkanes of at least 4 members (excludes halogenated alkanes) is 2. The number of benzene rings is 1. The molecule has 0 aliphatic heterocycles. The molecule has 0 saturated heterocycles. The van der Waals surface area contributed by atoms with Crippen LogP contribution in [0.5, 0.6) is 0 Å². The normalized spacial score (nSPS) is 11.0. The van der Waals surface area contributed by atoms with E-state index in [-0.39, 0.29) is 17.0 Å². The van der Waals surface area contributed by atoms with Gasteiger partial charge in [-0.3, -0.25) is 14.2 Å². The Morgan fingerprint density at radius 2 is 1.73 bits per heavy atom. The van der Waals surface area contributed by atoms with Crippen LogP contribution in [0.2, 0.25) is 5.02 Å². The van der Waals surface area contributed by atoms with Crippen LogP contribution in [0.3, 0.4) is 0 Å². The summed E-state index contributed by atoms with van der Waals surface area (Å²) in [5.74, 6) is -0.197. The van der Waals surface area contributed by atoms with Crippen LogP contribution in [-0.2, 0) is 6.54 Å². The van der Waals surface area contributed by atoms with Crippen molar-refractivity contribution in [2.45, 2.75) is 46.1 Å². The lowest BCUT2D eigenvalue weighted by molar-refractivity contribution is 0.0749. The third-order valence-corrected chi connectivity index (χ3v) is 5.43. The van der Waals surface area contributed by atoms with Crippen molar-refractivity contribution in [1.82, 2.24) is 14.5 Å². The number of hydrogen-bond donors (Lipinski definition) is 0. The zero-order chi connectivity index (χ0) is 21.5. The van der Waals surface area contributed by atoms with Crippen LogP contribution < -0.4 is 5.56 Å². The van der Waals surface area contributed by atoms with Crippen molar-refractivity contribution in [1.29, 1.82) is 0 Å². The molecule has 0 unspecified atom stereocenters. The Bertz CT molecular complexity index is 1050. The minimum absolute atomic E-state index is 0.197. The number of halogens is 1. The molecule has 3 rings (SSSR count). The molecule has 3 aromatic rings. The summed E-state index contributed by atoms with van der Waals surface area (Å²) < 4.78 is 1.59. The first-order chi connectivity index (χ1) is 14.5. The van der Waals surface area contributed by atoms with Crippen molar-refractivity contribution in [3.05, 3.63) is 75.2 Å². The molecular weight excluding hydrogens is 398 g/mol. The molecular formula is C24H28ClN3O2. The standard InChI is InChI=1S/C24H28ClN3O2/c1-3-5-14-27(15-6-4-2)23(29)21-16-19-8-7-13-26-22(19)28(24(21)30)17-18-9-11-20(25)12-10-18/h7-13,16H,3-6,14-15,17H2,1-2H3. The van der Waals surface area contributed by atoms with Crippen LogP contribution in [0.25, 0.3) is 11.0 Å². The molecule has 0 fully saturated rings. The lowest BCUT2D eigenvalue weighted by atomic mass is 10.1. The van der Waals surface area contributed by atoms with Crippen LogP contribution in [0, 0.1) is 0 Å². The van der Waals surface area contributed by atoms with Crippen LogP contribution >= 0.6 is 11.6 Å². The Balaban J connectivity index is 2.06. The van der Waals surface area contributed by atoms with Crippen molar-refractivity contribution in [3.63, 3.8) is 0 Å². The van der Waals surface area contributed by atoms with E-state index in [1.54, 1.807) is 29.0 Å². The maximum absolute atomic E-state index is 13.4. The van der Waals surface area contributed by atoms with Crippen LogP contribution in [0.4, 0.5) is 0 Å². The van der Waals surface area contributed by atoms with Gasteiger partial charge in [-0.05, 0) is 48.7 Å². The average molecular weight is 426 g/mol. The summed E-state index contributed by atoms with van der Waals surface area (Å²) >= 11 is 5.99. The maximum Gasteiger partial charge on any atom is 0.265 e. The smallest absolute Gasteiger partial charge is 0.265 e. The number of aromatic nitrogens is 2. The highest BCUT2D eigenvalue weighted by atomic mass is 35.5. The fourth-order valence-corrected chi connectivity index (χ4v) is 3.59. The van der Waals surface area contributed by atoms with Crippen molar-refractivity contribution in [2.24, 2.45) is 0 Å². The van der Waals surface area contributed by atoms with Gasteiger partial charge in [0, 0.05) is 29.7 Å². The van der Waals surface area contributed by atoms with Gasteiger partial charge < -0.3 is 4.90 Å². The number of carbonyl (C=O) groups excluding carboxylic acids is 1. The van der Waals surface area contributed by atoms with Gasteiger partial charge in [0.1, 0.15) is 11.2 Å². The third-order valence-electron chi connectivity index (χ3n) is 5.18. The highest BCUT2D eigenvalue weighted by molar-refractivity contribution is 6.30. The van der Waals surface area contributed by atoms with Gasteiger partial charge in [0.2, 0.25) is 0 Å². The van der Waals surface area contributed by atoms with Gasteiger partial charge in [0.25, 0.3) is 11.5 Å². The number of pyridine rings is 2. The maximum atomic E-state index is 13.4. The third kappa shape index (κ3) is 5.08. The Hall–Kier alpha value is -2.66. The van der Waals surface area contributed by atoms with E-state index in [1.807, 2.05) is 29.2 Å². The first kappa shape index (κ1) is 22.0. The lowest BCUT2D eigenvalue weighted by Crippen LogP contribution is -2.38.